The van der Waals surface area contributed by atoms with Gasteiger partial charge in [-0.2, -0.15) is 0 Å². The first-order valence-corrected chi connectivity index (χ1v) is 7.17. The number of aromatic nitrogens is 1. The van der Waals surface area contributed by atoms with Crippen LogP contribution in [-0.4, -0.2) is 17.1 Å². The summed E-state index contributed by atoms with van der Waals surface area (Å²) in [7, 11) is 2.00. The minimum absolute atomic E-state index is 0.0250. The van der Waals surface area contributed by atoms with Gasteiger partial charge in [0, 0.05) is 30.3 Å². The Bertz CT molecular complexity index is 611. The molecule has 1 N–H and O–H groups in total. The molecule has 0 saturated carbocycles. The molecule has 2 aromatic rings. The lowest BCUT2D eigenvalue weighted by molar-refractivity contribution is 0.281. The second kappa shape index (κ2) is 5.90. The summed E-state index contributed by atoms with van der Waals surface area (Å²) in [6.07, 6.45) is 1.71. The summed E-state index contributed by atoms with van der Waals surface area (Å²) in [5.41, 5.74) is 2.97. The Labute approximate surface area is 126 Å². The third-order valence-electron chi connectivity index (χ3n) is 3.59. The Morgan fingerprint density at radius 1 is 1.29 bits per heavy atom. The van der Waals surface area contributed by atoms with Gasteiger partial charge in [0.25, 0.3) is 0 Å². The Morgan fingerprint density at radius 2 is 2.00 bits per heavy atom. The summed E-state index contributed by atoms with van der Waals surface area (Å²) < 4.78 is 5.34. The van der Waals surface area contributed by atoms with Crippen LogP contribution in [0.2, 0.25) is 0 Å². The van der Waals surface area contributed by atoms with Crippen LogP contribution < -0.4 is 4.90 Å². The Morgan fingerprint density at radius 3 is 2.52 bits per heavy atom. The minimum Gasteiger partial charge on any atom is -0.469 e. The average molecular weight is 288 g/mol. The fraction of sp³-hybridized carbons (Fsp3) is 0.471. The van der Waals surface area contributed by atoms with Crippen LogP contribution in [0.3, 0.4) is 0 Å². The molecule has 21 heavy (non-hydrogen) atoms. The maximum atomic E-state index is 9.47. The molecule has 0 aromatic carbocycles. The van der Waals surface area contributed by atoms with Crippen LogP contribution in [0, 0.1) is 6.92 Å². The fourth-order valence-electron chi connectivity index (χ4n) is 2.15. The highest BCUT2D eigenvalue weighted by Crippen LogP contribution is 2.25. The van der Waals surface area contributed by atoms with Crippen molar-refractivity contribution in [1.82, 2.24) is 4.98 Å². The van der Waals surface area contributed by atoms with E-state index < -0.39 is 0 Å². The number of rotatable bonds is 4. The molecule has 114 valence electrons. The van der Waals surface area contributed by atoms with Crippen molar-refractivity contribution in [2.45, 2.75) is 46.3 Å². The van der Waals surface area contributed by atoms with E-state index in [1.807, 2.05) is 32.2 Å². The predicted molar refractivity (Wildman–Crippen MR) is 84.4 cm³/mol. The van der Waals surface area contributed by atoms with Gasteiger partial charge in [0.1, 0.15) is 11.6 Å². The predicted octanol–water partition coefficient (Wildman–Crippen LogP) is 3.41. The summed E-state index contributed by atoms with van der Waals surface area (Å²) >= 11 is 0. The van der Waals surface area contributed by atoms with E-state index in [0.717, 1.165) is 34.9 Å². The molecule has 0 spiro atoms. The van der Waals surface area contributed by atoms with Crippen LogP contribution >= 0.6 is 0 Å². The van der Waals surface area contributed by atoms with Crippen LogP contribution in [0.25, 0.3) is 0 Å². The molecule has 0 aliphatic carbocycles. The van der Waals surface area contributed by atoms with Gasteiger partial charge in [-0.15, -0.1) is 0 Å². The fourth-order valence-corrected chi connectivity index (χ4v) is 2.15. The first kappa shape index (κ1) is 15.6. The summed E-state index contributed by atoms with van der Waals surface area (Å²) in [6, 6.07) is 5.89. The molecular formula is C17H24N2O2. The molecule has 0 bridgehead atoms. The highest BCUT2D eigenvalue weighted by atomic mass is 16.3. The summed E-state index contributed by atoms with van der Waals surface area (Å²) in [4.78, 5) is 6.82. The number of aryl methyl sites for hydroxylation is 1. The topological polar surface area (TPSA) is 49.5 Å². The van der Waals surface area contributed by atoms with Crippen molar-refractivity contribution >= 4 is 5.82 Å². The van der Waals surface area contributed by atoms with Crippen molar-refractivity contribution in [3.8, 4) is 0 Å². The van der Waals surface area contributed by atoms with Gasteiger partial charge in [-0.3, -0.25) is 0 Å². The Hall–Kier alpha value is -1.81. The molecule has 0 fully saturated rings. The highest BCUT2D eigenvalue weighted by Gasteiger charge is 2.18. The normalized spacial score (nSPS) is 11.7. The van der Waals surface area contributed by atoms with Gasteiger partial charge >= 0.3 is 0 Å². The SMILES string of the molecule is Cc1occc1CN(C)c1cc(CO)cc(C(C)(C)C)n1. The van der Waals surface area contributed by atoms with E-state index in [-0.39, 0.29) is 12.0 Å². The molecule has 0 atom stereocenters. The highest BCUT2D eigenvalue weighted by molar-refractivity contribution is 5.44. The van der Waals surface area contributed by atoms with Crippen LogP contribution in [0.1, 0.15) is 43.4 Å². The van der Waals surface area contributed by atoms with Gasteiger partial charge in [0.2, 0.25) is 0 Å². The molecule has 0 saturated heterocycles. The molecule has 0 aliphatic rings. The Balaban J connectivity index is 2.32. The third kappa shape index (κ3) is 3.64. The number of pyridine rings is 1. The number of nitrogens with zero attached hydrogens (tertiary/aromatic N) is 2. The zero-order valence-electron chi connectivity index (χ0n) is 13.5. The number of aliphatic hydroxyl groups is 1. The van der Waals surface area contributed by atoms with E-state index in [1.165, 1.54) is 0 Å². The van der Waals surface area contributed by atoms with Gasteiger partial charge in [0.05, 0.1) is 12.9 Å². The molecule has 0 unspecified atom stereocenters. The standard InChI is InChI=1S/C17H24N2O2/c1-12-14(6-7-21-12)10-19(5)16-9-13(11-20)8-15(18-16)17(2,3)4/h6-9,20H,10-11H2,1-5H3. The lowest BCUT2D eigenvalue weighted by Gasteiger charge is -2.24. The third-order valence-corrected chi connectivity index (χ3v) is 3.59. The van der Waals surface area contributed by atoms with Gasteiger partial charge in [-0.1, -0.05) is 20.8 Å². The molecule has 4 nitrogen and oxygen atoms in total. The van der Waals surface area contributed by atoms with Crippen molar-refractivity contribution in [3.63, 3.8) is 0 Å². The zero-order valence-corrected chi connectivity index (χ0v) is 13.5. The van der Waals surface area contributed by atoms with E-state index in [2.05, 4.69) is 25.7 Å². The number of furan rings is 1. The summed E-state index contributed by atoms with van der Waals surface area (Å²) in [5.74, 6) is 1.79. The monoisotopic (exact) mass is 288 g/mol. The van der Waals surface area contributed by atoms with Crippen LogP contribution in [-0.2, 0) is 18.6 Å². The molecular weight excluding hydrogens is 264 g/mol. The number of hydrogen-bond donors (Lipinski definition) is 1. The van der Waals surface area contributed by atoms with Gasteiger partial charge in [0.15, 0.2) is 0 Å². The van der Waals surface area contributed by atoms with E-state index in [4.69, 9.17) is 9.40 Å². The molecule has 2 heterocycles. The first-order valence-electron chi connectivity index (χ1n) is 7.17. The van der Waals surface area contributed by atoms with E-state index in [1.54, 1.807) is 6.26 Å². The number of hydrogen-bond acceptors (Lipinski definition) is 4. The molecule has 0 aliphatic heterocycles. The smallest absolute Gasteiger partial charge is 0.129 e. The summed E-state index contributed by atoms with van der Waals surface area (Å²) in [5, 5.41) is 9.47. The summed E-state index contributed by atoms with van der Waals surface area (Å²) in [6.45, 7) is 9.09. The molecule has 2 rings (SSSR count). The van der Waals surface area contributed by atoms with Gasteiger partial charge < -0.3 is 14.4 Å². The van der Waals surface area contributed by atoms with E-state index in [0.29, 0.717) is 0 Å². The second-order valence-corrected chi connectivity index (χ2v) is 6.49. The zero-order chi connectivity index (χ0) is 15.6. The van der Waals surface area contributed by atoms with Crippen molar-refractivity contribution in [3.05, 3.63) is 47.0 Å². The maximum Gasteiger partial charge on any atom is 0.129 e. The Kier molecular flexibility index (Phi) is 4.37. The maximum absolute atomic E-state index is 9.47. The van der Waals surface area contributed by atoms with E-state index in [9.17, 15) is 5.11 Å². The molecule has 2 aromatic heterocycles. The molecule has 0 radical (unpaired) electrons. The average Bonchev–Trinajstić information content (AvgIpc) is 2.82. The van der Waals surface area contributed by atoms with Crippen LogP contribution in [0.15, 0.2) is 28.9 Å². The number of anilines is 1. The lowest BCUT2D eigenvalue weighted by atomic mass is 9.91. The van der Waals surface area contributed by atoms with Crippen molar-refractivity contribution in [2.75, 3.05) is 11.9 Å². The quantitative estimate of drug-likeness (QED) is 0.936. The van der Waals surface area contributed by atoms with Crippen molar-refractivity contribution in [1.29, 1.82) is 0 Å². The largest absolute Gasteiger partial charge is 0.469 e. The minimum atomic E-state index is -0.0493. The van der Waals surface area contributed by atoms with Crippen LogP contribution in [0.5, 0.6) is 0 Å². The van der Waals surface area contributed by atoms with Crippen molar-refractivity contribution in [2.24, 2.45) is 0 Å². The second-order valence-electron chi connectivity index (χ2n) is 6.49. The van der Waals surface area contributed by atoms with E-state index >= 15 is 0 Å². The first-order chi connectivity index (χ1) is 9.81. The lowest BCUT2D eigenvalue weighted by Crippen LogP contribution is -2.21. The van der Waals surface area contributed by atoms with Gasteiger partial charge in [-0.25, -0.2) is 4.98 Å². The van der Waals surface area contributed by atoms with Crippen molar-refractivity contribution < 1.29 is 9.52 Å². The number of aliphatic hydroxyl groups excluding tert-OH is 1. The van der Waals surface area contributed by atoms with Crippen LogP contribution in [0.4, 0.5) is 5.82 Å². The molecule has 4 heteroatoms. The van der Waals surface area contributed by atoms with Gasteiger partial charge in [-0.05, 0) is 30.7 Å². The molecule has 0 amide bonds.